The number of allylic oxidation sites excluding steroid dienone is 2. The number of carboxylic acids is 1. The molecule has 0 aromatic rings. The van der Waals surface area contributed by atoms with Gasteiger partial charge in [-0.2, -0.15) is 0 Å². The number of hydrogen-bond donors (Lipinski definition) is 1. The van der Waals surface area contributed by atoms with E-state index in [1.165, 1.54) is 0 Å². The normalized spacial score (nSPS) is 10.5. The van der Waals surface area contributed by atoms with Gasteiger partial charge in [0.05, 0.1) is 0 Å². The molecule has 0 bridgehead atoms. The van der Waals surface area contributed by atoms with E-state index in [0.29, 0.717) is 0 Å². The Morgan fingerprint density at radius 2 is 2.20 bits per heavy atom. The van der Waals surface area contributed by atoms with E-state index < -0.39 is 5.97 Å². The zero-order valence-corrected chi connectivity index (χ0v) is 6.34. The molecule has 0 saturated heterocycles. The maximum absolute atomic E-state index is 10.0. The third-order valence-electron chi connectivity index (χ3n) is 1.16. The molecule has 0 aliphatic carbocycles. The molecule has 10 heavy (non-hydrogen) atoms. The molecule has 0 heterocycles. The fourth-order valence-corrected chi connectivity index (χ4v) is 0.656. The van der Waals surface area contributed by atoms with Gasteiger partial charge in [0.25, 0.3) is 0 Å². The van der Waals surface area contributed by atoms with Crippen molar-refractivity contribution in [2.24, 2.45) is 0 Å². The summed E-state index contributed by atoms with van der Waals surface area (Å²) >= 11 is 0. The van der Waals surface area contributed by atoms with Crippen LogP contribution < -0.4 is 0 Å². The number of rotatable bonds is 5. The van der Waals surface area contributed by atoms with Crippen LogP contribution in [0.2, 0.25) is 0 Å². The molecule has 0 aromatic carbocycles. The van der Waals surface area contributed by atoms with Crippen molar-refractivity contribution >= 4 is 5.97 Å². The van der Waals surface area contributed by atoms with Gasteiger partial charge in [-0.05, 0) is 19.3 Å². The Bertz CT molecular complexity index is 116. The molecular weight excluding hydrogens is 128 g/mol. The molecule has 0 aliphatic rings. The van der Waals surface area contributed by atoms with Crippen LogP contribution in [-0.2, 0) is 4.79 Å². The number of unbranched alkanes of at least 4 members (excludes halogenated alkanes) is 1. The minimum Gasteiger partial charge on any atom is -0.481 e. The van der Waals surface area contributed by atoms with Crippen molar-refractivity contribution in [3.63, 3.8) is 0 Å². The Labute approximate surface area is 61.6 Å². The second-order valence-corrected chi connectivity index (χ2v) is 2.17. The van der Waals surface area contributed by atoms with E-state index in [1.807, 2.05) is 6.08 Å². The van der Waals surface area contributed by atoms with Crippen molar-refractivity contribution in [2.45, 2.75) is 32.6 Å². The average molecular weight is 142 g/mol. The van der Waals surface area contributed by atoms with Crippen molar-refractivity contribution in [2.75, 3.05) is 0 Å². The summed E-state index contributed by atoms with van der Waals surface area (Å²) < 4.78 is 0. The van der Waals surface area contributed by atoms with Crippen LogP contribution in [0.4, 0.5) is 0 Å². The first-order valence-corrected chi connectivity index (χ1v) is 3.64. The van der Waals surface area contributed by atoms with E-state index in [1.54, 1.807) is 0 Å². The summed E-state index contributed by atoms with van der Waals surface area (Å²) in [5.41, 5.74) is 0. The lowest BCUT2D eigenvalue weighted by Gasteiger charge is -1.88. The Balaban J connectivity index is 3.05. The van der Waals surface area contributed by atoms with Crippen molar-refractivity contribution in [3.05, 3.63) is 12.2 Å². The first kappa shape index (κ1) is 9.21. The molecule has 0 radical (unpaired) electrons. The highest BCUT2D eigenvalue weighted by molar-refractivity contribution is 5.66. The Morgan fingerprint density at radius 3 is 2.70 bits per heavy atom. The zero-order valence-electron chi connectivity index (χ0n) is 6.34. The molecule has 0 spiro atoms. The van der Waals surface area contributed by atoms with Crippen LogP contribution in [0.1, 0.15) is 32.6 Å². The minimum absolute atomic E-state index is 0.286. The van der Waals surface area contributed by atoms with Gasteiger partial charge in [-0.1, -0.05) is 19.1 Å². The van der Waals surface area contributed by atoms with E-state index in [-0.39, 0.29) is 6.42 Å². The molecule has 2 nitrogen and oxygen atoms in total. The minimum atomic E-state index is -0.704. The molecule has 0 rings (SSSR count). The van der Waals surface area contributed by atoms with Gasteiger partial charge in [0.2, 0.25) is 0 Å². The Hall–Kier alpha value is -0.790. The topological polar surface area (TPSA) is 37.3 Å². The summed E-state index contributed by atoms with van der Waals surface area (Å²) in [4.78, 5) is 10.0. The van der Waals surface area contributed by atoms with E-state index in [4.69, 9.17) is 5.11 Å². The van der Waals surface area contributed by atoms with Gasteiger partial charge in [-0.3, -0.25) is 4.79 Å². The molecule has 0 aliphatic heterocycles. The maximum atomic E-state index is 10.0. The van der Waals surface area contributed by atoms with Crippen LogP contribution in [0.25, 0.3) is 0 Å². The fraction of sp³-hybridized carbons (Fsp3) is 0.625. The van der Waals surface area contributed by atoms with Crippen LogP contribution in [-0.4, -0.2) is 11.1 Å². The predicted molar refractivity (Wildman–Crippen MR) is 40.9 cm³/mol. The smallest absolute Gasteiger partial charge is 0.303 e. The van der Waals surface area contributed by atoms with E-state index in [9.17, 15) is 4.79 Å². The first-order valence-electron chi connectivity index (χ1n) is 3.64. The monoisotopic (exact) mass is 142 g/mol. The summed E-state index contributed by atoms with van der Waals surface area (Å²) in [5.74, 6) is -0.704. The molecule has 58 valence electrons. The van der Waals surface area contributed by atoms with E-state index in [2.05, 4.69) is 13.0 Å². The molecule has 2 heteroatoms. The third-order valence-corrected chi connectivity index (χ3v) is 1.16. The van der Waals surface area contributed by atoms with Crippen molar-refractivity contribution in [1.82, 2.24) is 0 Å². The van der Waals surface area contributed by atoms with Gasteiger partial charge in [0.1, 0.15) is 0 Å². The van der Waals surface area contributed by atoms with E-state index >= 15 is 0 Å². The van der Waals surface area contributed by atoms with Crippen molar-refractivity contribution < 1.29 is 9.90 Å². The molecule has 1 N–H and O–H groups in total. The molecule has 0 atom stereocenters. The summed E-state index contributed by atoms with van der Waals surface area (Å²) in [5, 5.41) is 8.25. The summed E-state index contributed by atoms with van der Waals surface area (Å²) in [6, 6.07) is 0. The second-order valence-electron chi connectivity index (χ2n) is 2.17. The average Bonchev–Trinajstić information content (AvgIpc) is 1.87. The molecule has 0 saturated carbocycles. The summed E-state index contributed by atoms with van der Waals surface area (Å²) in [6.45, 7) is 2.06. The highest BCUT2D eigenvalue weighted by atomic mass is 16.4. The molecule has 0 fully saturated rings. The lowest BCUT2D eigenvalue weighted by molar-refractivity contribution is -0.137. The van der Waals surface area contributed by atoms with Crippen LogP contribution in [0.15, 0.2) is 12.2 Å². The number of aliphatic carboxylic acids is 1. The van der Waals surface area contributed by atoms with Gasteiger partial charge in [0, 0.05) is 6.42 Å². The first-order chi connectivity index (χ1) is 4.77. The standard InChI is InChI=1S/C8H14O2/c1-2-3-4-5-6-7-8(9)10/h3-4H,2,5-7H2,1H3,(H,9,10)/b4-3+. The number of carbonyl (C=O) groups is 1. The quantitative estimate of drug-likeness (QED) is 0.472. The van der Waals surface area contributed by atoms with Crippen molar-refractivity contribution in [3.8, 4) is 0 Å². The van der Waals surface area contributed by atoms with Gasteiger partial charge < -0.3 is 5.11 Å². The van der Waals surface area contributed by atoms with Crippen molar-refractivity contribution in [1.29, 1.82) is 0 Å². The second kappa shape index (κ2) is 6.33. The summed E-state index contributed by atoms with van der Waals surface area (Å²) in [7, 11) is 0. The maximum Gasteiger partial charge on any atom is 0.303 e. The SMILES string of the molecule is CC/C=C/CCCC(=O)O. The number of hydrogen-bond acceptors (Lipinski definition) is 1. The zero-order chi connectivity index (χ0) is 7.82. The highest BCUT2D eigenvalue weighted by Gasteiger charge is 1.92. The fourth-order valence-electron chi connectivity index (χ4n) is 0.656. The van der Waals surface area contributed by atoms with Crippen LogP contribution in [0.5, 0.6) is 0 Å². The van der Waals surface area contributed by atoms with Gasteiger partial charge in [-0.25, -0.2) is 0 Å². The summed E-state index contributed by atoms with van der Waals surface area (Å²) in [6.07, 6.45) is 7.05. The molecule has 0 amide bonds. The molecular formula is C8H14O2. The molecule has 0 unspecified atom stereocenters. The largest absolute Gasteiger partial charge is 0.481 e. The Kier molecular flexibility index (Phi) is 5.83. The number of carboxylic acid groups (broad SMARTS) is 1. The Morgan fingerprint density at radius 1 is 1.50 bits per heavy atom. The van der Waals surface area contributed by atoms with Crippen LogP contribution in [0.3, 0.4) is 0 Å². The van der Waals surface area contributed by atoms with Crippen LogP contribution >= 0.6 is 0 Å². The lowest BCUT2D eigenvalue weighted by atomic mass is 10.2. The van der Waals surface area contributed by atoms with E-state index in [0.717, 1.165) is 19.3 Å². The van der Waals surface area contributed by atoms with Gasteiger partial charge in [0.15, 0.2) is 0 Å². The lowest BCUT2D eigenvalue weighted by Crippen LogP contribution is -1.92. The van der Waals surface area contributed by atoms with Gasteiger partial charge in [-0.15, -0.1) is 0 Å². The molecule has 0 aromatic heterocycles. The predicted octanol–water partition coefficient (Wildman–Crippen LogP) is 2.21. The van der Waals surface area contributed by atoms with Crippen LogP contribution in [0, 0.1) is 0 Å². The third kappa shape index (κ3) is 7.21. The highest BCUT2D eigenvalue weighted by Crippen LogP contribution is 1.96. The van der Waals surface area contributed by atoms with Gasteiger partial charge >= 0.3 is 5.97 Å².